The van der Waals surface area contributed by atoms with Gasteiger partial charge >= 0.3 is 0 Å². The van der Waals surface area contributed by atoms with Gasteiger partial charge in [0.05, 0.1) is 5.69 Å². The minimum atomic E-state index is 0.454. The molecule has 0 aliphatic carbocycles. The maximum absolute atomic E-state index is 5.76. The molecule has 3 rings (SSSR count). The maximum Gasteiger partial charge on any atom is 0.221 e. The molecule has 0 bridgehead atoms. The van der Waals surface area contributed by atoms with E-state index in [1.807, 2.05) is 23.5 Å². The fourth-order valence-corrected chi connectivity index (χ4v) is 4.45. The molecule has 2 N–H and O–H groups in total. The Hall–Kier alpha value is -0.420. The molecule has 0 amide bonds. The maximum atomic E-state index is 5.76. The minimum Gasteiger partial charge on any atom is -0.368 e. The molecule has 0 spiro atoms. The van der Waals surface area contributed by atoms with Crippen molar-refractivity contribution in [3.63, 3.8) is 0 Å². The third-order valence-electron chi connectivity index (χ3n) is 2.93. The number of nitrogens with zero attached hydrogens (tertiary/aromatic N) is 2. The van der Waals surface area contributed by atoms with E-state index in [0.29, 0.717) is 11.9 Å². The van der Waals surface area contributed by atoms with Crippen LogP contribution in [0.25, 0.3) is 0 Å². The fraction of sp³-hybridized carbons (Fsp3) is 0.600. The highest BCUT2D eigenvalue weighted by Gasteiger charge is 2.27. The van der Waals surface area contributed by atoms with Crippen LogP contribution in [0.4, 0.5) is 5.95 Å². The molecule has 0 radical (unpaired) electrons. The second-order valence-corrected chi connectivity index (χ2v) is 6.14. The van der Waals surface area contributed by atoms with Crippen LogP contribution in [0.5, 0.6) is 0 Å². The Labute approximate surface area is 97.6 Å². The molecule has 0 aromatic carbocycles. The van der Waals surface area contributed by atoms with E-state index in [4.69, 9.17) is 5.73 Å². The Morgan fingerprint density at radius 2 is 2.20 bits per heavy atom. The standard InChI is InChI=1S/C10H13N3S2/c11-10-12-8(6-1-3-14-5-6)7-2-4-15-9(7)13-10/h6H,1-5H2,(H2,11,12,13). The molecular formula is C10H13N3S2. The highest BCUT2D eigenvalue weighted by atomic mass is 32.2. The van der Waals surface area contributed by atoms with E-state index in [0.717, 1.165) is 17.2 Å². The Bertz CT molecular complexity index is 388. The molecule has 1 unspecified atom stereocenters. The normalized spacial score (nSPS) is 24.4. The van der Waals surface area contributed by atoms with Crippen molar-refractivity contribution in [2.24, 2.45) is 0 Å². The van der Waals surface area contributed by atoms with Gasteiger partial charge in [0.2, 0.25) is 5.95 Å². The lowest BCUT2D eigenvalue weighted by Gasteiger charge is -2.12. The molecule has 3 heterocycles. The van der Waals surface area contributed by atoms with Crippen molar-refractivity contribution in [2.45, 2.75) is 23.8 Å². The molecule has 1 saturated heterocycles. The van der Waals surface area contributed by atoms with Crippen LogP contribution < -0.4 is 5.73 Å². The van der Waals surface area contributed by atoms with E-state index in [9.17, 15) is 0 Å². The van der Waals surface area contributed by atoms with Crippen LogP contribution in [0.15, 0.2) is 5.03 Å². The predicted octanol–water partition coefficient (Wildman–Crippen LogP) is 1.93. The van der Waals surface area contributed by atoms with Crippen LogP contribution in [0, 0.1) is 0 Å². The monoisotopic (exact) mass is 239 g/mol. The summed E-state index contributed by atoms with van der Waals surface area (Å²) in [7, 11) is 0. The molecule has 1 fully saturated rings. The van der Waals surface area contributed by atoms with Crippen LogP contribution in [-0.4, -0.2) is 27.2 Å². The molecule has 0 saturated carbocycles. The van der Waals surface area contributed by atoms with Crippen LogP contribution in [0.3, 0.4) is 0 Å². The fourth-order valence-electron chi connectivity index (χ4n) is 2.19. The molecule has 80 valence electrons. The average molecular weight is 239 g/mol. The number of nitrogens with two attached hydrogens (primary N) is 1. The van der Waals surface area contributed by atoms with Gasteiger partial charge in [-0.05, 0) is 18.6 Å². The van der Waals surface area contributed by atoms with Gasteiger partial charge in [-0.3, -0.25) is 0 Å². The van der Waals surface area contributed by atoms with Gasteiger partial charge in [-0.25, -0.2) is 9.97 Å². The number of hydrogen-bond acceptors (Lipinski definition) is 5. The third kappa shape index (κ3) is 1.72. The molecule has 1 atom stereocenters. The summed E-state index contributed by atoms with van der Waals surface area (Å²) in [5.74, 6) is 4.67. The largest absolute Gasteiger partial charge is 0.368 e. The summed E-state index contributed by atoms with van der Waals surface area (Å²) >= 11 is 3.84. The summed E-state index contributed by atoms with van der Waals surface area (Å²) in [6.07, 6.45) is 2.37. The van der Waals surface area contributed by atoms with Gasteiger partial charge in [0.25, 0.3) is 0 Å². The highest BCUT2D eigenvalue weighted by Crippen LogP contribution is 2.39. The summed E-state index contributed by atoms with van der Waals surface area (Å²) in [5, 5.41) is 1.13. The molecule has 3 nitrogen and oxygen atoms in total. The summed E-state index contributed by atoms with van der Waals surface area (Å²) in [6, 6.07) is 0. The first-order valence-corrected chi connectivity index (χ1v) is 7.35. The average Bonchev–Trinajstić information content (AvgIpc) is 2.86. The lowest BCUT2D eigenvalue weighted by atomic mass is 9.99. The SMILES string of the molecule is Nc1nc2c(c(C3CCSC3)n1)CCS2. The lowest BCUT2D eigenvalue weighted by Crippen LogP contribution is -2.09. The topological polar surface area (TPSA) is 51.8 Å². The summed E-state index contributed by atoms with van der Waals surface area (Å²) in [6.45, 7) is 0. The van der Waals surface area contributed by atoms with Gasteiger partial charge in [-0.2, -0.15) is 11.8 Å². The van der Waals surface area contributed by atoms with E-state index in [1.54, 1.807) is 0 Å². The van der Waals surface area contributed by atoms with Crippen LogP contribution in [0.2, 0.25) is 0 Å². The van der Waals surface area contributed by atoms with Crippen molar-refractivity contribution in [1.29, 1.82) is 0 Å². The molecule has 5 heteroatoms. The van der Waals surface area contributed by atoms with Crippen molar-refractivity contribution in [3.8, 4) is 0 Å². The van der Waals surface area contributed by atoms with E-state index in [1.165, 1.54) is 29.2 Å². The zero-order chi connectivity index (χ0) is 10.3. The number of nitrogen functional groups attached to an aromatic ring is 1. The number of aromatic nitrogens is 2. The molecule has 15 heavy (non-hydrogen) atoms. The first-order chi connectivity index (χ1) is 7.34. The summed E-state index contributed by atoms with van der Waals surface area (Å²) in [4.78, 5) is 8.78. The van der Waals surface area contributed by atoms with E-state index < -0.39 is 0 Å². The Morgan fingerprint density at radius 3 is 3.00 bits per heavy atom. The van der Waals surface area contributed by atoms with E-state index >= 15 is 0 Å². The Kier molecular flexibility index (Phi) is 2.52. The van der Waals surface area contributed by atoms with Crippen LogP contribution in [0.1, 0.15) is 23.6 Å². The second kappa shape index (κ2) is 3.87. The first-order valence-electron chi connectivity index (χ1n) is 5.21. The van der Waals surface area contributed by atoms with Gasteiger partial charge < -0.3 is 5.73 Å². The molecule has 2 aliphatic heterocycles. The summed E-state index contributed by atoms with van der Waals surface area (Å²) < 4.78 is 0. The molecule has 1 aromatic rings. The van der Waals surface area contributed by atoms with E-state index in [-0.39, 0.29) is 0 Å². The molecule has 2 aliphatic rings. The number of rotatable bonds is 1. The van der Waals surface area contributed by atoms with Crippen LogP contribution >= 0.6 is 23.5 Å². The van der Waals surface area contributed by atoms with Gasteiger partial charge in [-0.1, -0.05) is 0 Å². The zero-order valence-corrected chi connectivity index (χ0v) is 10.0. The first kappa shape index (κ1) is 9.78. The van der Waals surface area contributed by atoms with Gasteiger partial charge in [0, 0.05) is 23.0 Å². The molecular weight excluding hydrogens is 226 g/mol. The highest BCUT2D eigenvalue weighted by molar-refractivity contribution is 7.99. The Morgan fingerprint density at radius 1 is 1.27 bits per heavy atom. The van der Waals surface area contributed by atoms with Gasteiger partial charge in [0.15, 0.2) is 0 Å². The van der Waals surface area contributed by atoms with Crippen molar-refractivity contribution in [1.82, 2.24) is 9.97 Å². The minimum absolute atomic E-state index is 0.454. The number of hydrogen-bond donors (Lipinski definition) is 1. The third-order valence-corrected chi connectivity index (χ3v) is 5.11. The van der Waals surface area contributed by atoms with Crippen molar-refractivity contribution >= 4 is 29.5 Å². The predicted molar refractivity (Wildman–Crippen MR) is 65.6 cm³/mol. The van der Waals surface area contributed by atoms with Crippen molar-refractivity contribution < 1.29 is 0 Å². The van der Waals surface area contributed by atoms with Gasteiger partial charge in [0.1, 0.15) is 5.03 Å². The van der Waals surface area contributed by atoms with Crippen LogP contribution in [-0.2, 0) is 6.42 Å². The summed E-state index contributed by atoms with van der Waals surface area (Å²) in [5.41, 5.74) is 8.38. The van der Waals surface area contributed by atoms with Crippen molar-refractivity contribution in [2.75, 3.05) is 23.0 Å². The van der Waals surface area contributed by atoms with Gasteiger partial charge in [-0.15, -0.1) is 11.8 Å². The van der Waals surface area contributed by atoms with E-state index in [2.05, 4.69) is 9.97 Å². The quantitative estimate of drug-likeness (QED) is 0.759. The Balaban J connectivity index is 2.05. The smallest absolute Gasteiger partial charge is 0.221 e. The number of fused-ring (bicyclic) bond motifs is 1. The molecule has 1 aromatic heterocycles. The zero-order valence-electron chi connectivity index (χ0n) is 8.40. The number of thioether (sulfide) groups is 2. The lowest BCUT2D eigenvalue weighted by molar-refractivity contribution is 0.725. The number of anilines is 1. The second-order valence-electron chi connectivity index (χ2n) is 3.91. The van der Waals surface area contributed by atoms with Crippen molar-refractivity contribution in [3.05, 3.63) is 11.3 Å².